The van der Waals surface area contributed by atoms with Crippen LogP contribution < -0.4 is 16.0 Å². The van der Waals surface area contributed by atoms with Crippen LogP contribution in [0.15, 0.2) is 42.9 Å². The molecule has 0 bridgehead atoms. The maximum Gasteiger partial charge on any atom is 0.255 e. The number of aliphatic hydroxyl groups is 1. The van der Waals surface area contributed by atoms with E-state index >= 15 is 0 Å². The average Bonchev–Trinajstić information content (AvgIpc) is 2.73. The number of nitrogens with one attached hydrogen (secondary N) is 3. The second kappa shape index (κ2) is 9.04. The fourth-order valence-corrected chi connectivity index (χ4v) is 3.31. The lowest BCUT2D eigenvalue weighted by atomic mass is 9.92. The van der Waals surface area contributed by atoms with Crippen LogP contribution >= 0.6 is 0 Å². The van der Waals surface area contributed by atoms with Gasteiger partial charge in [-0.2, -0.15) is 0 Å². The van der Waals surface area contributed by atoms with Crippen molar-refractivity contribution in [2.45, 2.75) is 50.9 Å². The zero-order valence-corrected chi connectivity index (χ0v) is 18.1. The first-order chi connectivity index (χ1) is 15.3. The fourth-order valence-electron chi connectivity index (χ4n) is 3.31. The molecule has 2 aromatic heterocycles. The highest BCUT2D eigenvalue weighted by molar-refractivity contribution is 6.00. The molecule has 1 fully saturated rings. The van der Waals surface area contributed by atoms with Crippen molar-refractivity contribution in [1.29, 1.82) is 0 Å². The molecule has 1 aliphatic carbocycles. The van der Waals surface area contributed by atoms with Crippen molar-refractivity contribution in [2.75, 3.05) is 17.2 Å². The number of amides is 1. The Kier molecular flexibility index (Phi) is 6.18. The van der Waals surface area contributed by atoms with Crippen molar-refractivity contribution in [3.05, 3.63) is 48.4 Å². The van der Waals surface area contributed by atoms with E-state index in [1.54, 1.807) is 18.5 Å². The molecule has 0 saturated heterocycles. The molecule has 3 aromatic rings. The van der Waals surface area contributed by atoms with E-state index < -0.39 is 17.7 Å². The molecule has 1 aromatic carbocycles. The molecule has 1 aliphatic rings. The van der Waals surface area contributed by atoms with Crippen molar-refractivity contribution in [3.8, 4) is 0 Å². The maximum absolute atomic E-state index is 14.1. The van der Waals surface area contributed by atoms with E-state index in [2.05, 4.69) is 30.9 Å². The van der Waals surface area contributed by atoms with E-state index in [-0.39, 0.29) is 12.6 Å². The van der Waals surface area contributed by atoms with Gasteiger partial charge in [0.15, 0.2) is 0 Å². The Morgan fingerprint density at radius 3 is 2.62 bits per heavy atom. The first-order valence-corrected chi connectivity index (χ1v) is 10.7. The molecule has 0 radical (unpaired) electrons. The fraction of sp³-hybridized carbons (Fsp3) is 0.391. The number of alkyl halides is 1. The number of anilines is 3. The Labute approximate surface area is 185 Å². The Hall–Kier alpha value is -3.33. The third-order valence-corrected chi connectivity index (χ3v) is 5.56. The number of fused-ring (bicyclic) bond motifs is 1. The zero-order chi connectivity index (χ0) is 22.7. The van der Waals surface area contributed by atoms with Crippen LogP contribution in [0.1, 0.15) is 43.5 Å². The second-order valence-electron chi connectivity index (χ2n) is 8.60. The van der Waals surface area contributed by atoms with Crippen LogP contribution in [0, 0.1) is 0 Å². The molecular formula is C23H27FN6O2. The first kappa shape index (κ1) is 21.9. The summed E-state index contributed by atoms with van der Waals surface area (Å²) in [5.74, 6) is 0.116. The van der Waals surface area contributed by atoms with E-state index in [1.165, 1.54) is 20.0 Å². The summed E-state index contributed by atoms with van der Waals surface area (Å²) in [5, 5.41) is 18.9. The summed E-state index contributed by atoms with van der Waals surface area (Å²) in [6, 6.07) is 7.70. The van der Waals surface area contributed by atoms with Crippen LogP contribution in [0.3, 0.4) is 0 Å². The molecule has 0 aliphatic heterocycles. The highest BCUT2D eigenvalue weighted by Crippen LogP contribution is 2.28. The highest BCUT2D eigenvalue weighted by atomic mass is 19.1. The summed E-state index contributed by atoms with van der Waals surface area (Å²) in [7, 11) is 0. The molecule has 4 N–H and O–H groups in total. The lowest BCUT2D eigenvalue weighted by molar-refractivity contribution is -0.00177. The Bertz CT molecular complexity index is 1110. The van der Waals surface area contributed by atoms with Crippen molar-refractivity contribution in [3.63, 3.8) is 0 Å². The molecule has 4 rings (SSSR count). The SMILES string of the molecule is CC(C)(O)C(F)CNC(=O)c1cnc(Nc2ccc3nccnc3c2)cc1NC1CCC1. The largest absolute Gasteiger partial charge is 0.387 e. The summed E-state index contributed by atoms with van der Waals surface area (Å²) in [4.78, 5) is 25.7. The lowest BCUT2D eigenvalue weighted by Gasteiger charge is -2.28. The molecule has 32 heavy (non-hydrogen) atoms. The van der Waals surface area contributed by atoms with Gasteiger partial charge in [-0.15, -0.1) is 0 Å². The minimum atomic E-state index is -1.58. The van der Waals surface area contributed by atoms with Crippen LogP contribution in [0.5, 0.6) is 0 Å². The van der Waals surface area contributed by atoms with E-state index in [0.717, 1.165) is 36.0 Å². The van der Waals surface area contributed by atoms with Crippen molar-refractivity contribution < 1.29 is 14.3 Å². The molecule has 1 unspecified atom stereocenters. The van der Waals surface area contributed by atoms with Gasteiger partial charge >= 0.3 is 0 Å². The van der Waals surface area contributed by atoms with Crippen LogP contribution in [0.25, 0.3) is 11.0 Å². The number of hydrogen-bond acceptors (Lipinski definition) is 7. The molecule has 9 heteroatoms. The van der Waals surface area contributed by atoms with Gasteiger partial charge in [0.05, 0.1) is 34.4 Å². The maximum atomic E-state index is 14.1. The number of hydrogen-bond donors (Lipinski definition) is 4. The predicted molar refractivity (Wildman–Crippen MR) is 122 cm³/mol. The quantitative estimate of drug-likeness (QED) is 0.425. The van der Waals surface area contributed by atoms with Gasteiger partial charge in [0, 0.05) is 36.4 Å². The van der Waals surface area contributed by atoms with Crippen LogP contribution in [0.4, 0.5) is 21.6 Å². The number of halogens is 1. The Balaban J connectivity index is 1.53. The lowest BCUT2D eigenvalue weighted by Crippen LogP contribution is -2.42. The minimum Gasteiger partial charge on any atom is -0.387 e. The smallest absolute Gasteiger partial charge is 0.255 e. The van der Waals surface area contributed by atoms with Crippen molar-refractivity contribution in [2.24, 2.45) is 0 Å². The van der Waals surface area contributed by atoms with Gasteiger partial charge in [0.25, 0.3) is 5.91 Å². The molecule has 2 heterocycles. The molecule has 8 nitrogen and oxygen atoms in total. The Morgan fingerprint density at radius 1 is 1.19 bits per heavy atom. The Morgan fingerprint density at radius 2 is 1.94 bits per heavy atom. The number of benzene rings is 1. The van der Waals surface area contributed by atoms with Gasteiger partial charge in [-0.25, -0.2) is 9.37 Å². The molecule has 1 atom stereocenters. The van der Waals surface area contributed by atoms with Crippen LogP contribution in [-0.4, -0.2) is 50.3 Å². The number of rotatable bonds is 8. The third-order valence-electron chi connectivity index (χ3n) is 5.56. The van der Waals surface area contributed by atoms with E-state index in [9.17, 15) is 14.3 Å². The highest BCUT2D eigenvalue weighted by Gasteiger charge is 2.27. The third kappa shape index (κ3) is 5.11. The topological polar surface area (TPSA) is 112 Å². The summed E-state index contributed by atoms with van der Waals surface area (Å²) >= 11 is 0. The number of nitrogens with zero attached hydrogens (tertiary/aromatic N) is 3. The molecular weight excluding hydrogens is 411 g/mol. The van der Waals surface area contributed by atoms with Gasteiger partial charge in [-0.1, -0.05) is 0 Å². The zero-order valence-electron chi connectivity index (χ0n) is 18.1. The number of pyridine rings is 1. The predicted octanol–water partition coefficient (Wildman–Crippen LogP) is 3.57. The monoisotopic (exact) mass is 438 g/mol. The van der Waals surface area contributed by atoms with E-state index in [0.29, 0.717) is 17.1 Å². The summed E-state index contributed by atoms with van der Waals surface area (Å²) in [6.07, 6.45) is 6.37. The summed E-state index contributed by atoms with van der Waals surface area (Å²) in [6.45, 7) is 2.45. The number of carbonyl (C=O) groups excluding carboxylic acids is 1. The van der Waals surface area contributed by atoms with E-state index in [1.807, 2.05) is 18.2 Å². The molecule has 0 spiro atoms. The number of carbonyl (C=O) groups is 1. The molecule has 1 amide bonds. The van der Waals surface area contributed by atoms with Crippen molar-refractivity contribution in [1.82, 2.24) is 20.3 Å². The minimum absolute atomic E-state index is 0.288. The van der Waals surface area contributed by atoms with Gasteiger partial charge < -0.3 is 21.1 Å². The normalized spacial score (nSPS) is 15.1. The molecule has 168 valence electrons. The van der Waals surface area contributed by atoms with Gasteiger partial charge in [0.2, 0.25) is 0 Å². The van der Waals surface area contributed by atoms with E-state index in [4.69, 9.17) is 0 Å². The van der Waals surface area contributed by atoms with Gasteiger partial charge in [-0.05, 0) is 51.3 Å². The van der Waals surface area contributed by atoms with Crippen molar-refractivity contribution >= 4 is 34.1 Å². The molecule has 1 saturated carbocycles. The standard InChI is InChI=1S/C23H27FN6O2/c1-23(2,32)20(24)13-28-22(31)16-12-27-21(11-18(16)29-14-4-3-5-14)30-15-6-7-17-19(10-15)26-9-8-25-17/h6-12,14,20,32H,3-5,13H2,1-2H3,(H,28,31)(H2,27,29,30). The number of aromatic nitrogens is 3. The second-order valence-corrected chi connectivity index (χ2v) is 8.60. The summed E-state index contributed by atoms with van der Waals surface area (Å²) in [5.41, 5.74) is 1.77. The van der Waals surface area contributed by atoms with Gasteiger partial charge in [-0.3, -0.25) is 14.8 Å². The average molecular weight is 439 g/mol. The van der Waals surface area contributed by atoms with Crippen LogP contribution in [-0.2, 0) is 0 Å². The van der Waals surface area contributed by atoms with Gasteiger partial charge in [0.1, 0.15) is 12.0 Å². The first-order valence-electron chi connectivity index (χ1n) is 10.7. The summed E-state index contributed by atoms with van der Waals surface area (Å²) < 4.78 is 14.1. The van der Waals surface area contributed by atoms with Crippen LogP contribution in [0.2, 0.25) is 0 Å².